The first-order valence-corrected chi connectivity index (χ1v) is 8.05. The van der Waals surface area contributed by atoms with Crippen LogP contribution in [0.1, 0.15) is 25.3 Å². The molecular formula is C17H18Cl3N. The summed E-state index contributed by atoms with van der Waals surface area (Å²) in [5.41, 5.74) is 2.05. The Kier molecular flexibility index (Phi) is 5.80. The summed E-state index contributed by atoms with van der Waals surface area (Å²) in [6.45, 7) is 5.19. The maximum absolute atomic E-state index is 6.21. The average molecular weight is 343 g/mol. The Labute approximate surface area is 141 Å². The lowest BCUT2D eigenvalue weighted by atomic mass is 9.88. The van der Waals surface area contributed by atoms with Gasteiger partial charge in [0.25, 0.3) is 0 Å². The van der Waals surface area contributed by atoms with Crippen LogP contribution in [0, 0.1) is 5.92 Å². The van der Waals surface area contributed by atoms with Gasteiger partial charge in [0.05, 0.1) is 15.7 Å². The molecule has 0 amide bonds. The van der Waals surface area contributed by atoms with Crippen LogP contribution in [0.4, 0.5) is 5.69 Å². The second-order valence-corrected chi connectivity index (χ2v) is 6.64. The van der Waals surface area contributed by atoms with E-state index >= 15 is 0 Å². The zero-order valence-corrected chi connectivity index (χ0v) is 14.3. The Balaban J connectivity index is 2.17. The van der Waals surface area contributed by atoms with E-state index in [0.29, 0.717) is 26.9 Å². The van der Waals surface area contributed by atoms with Gasteiger partial charge in [-0.05, 0) is 23.6 Å². The van der Waals surface area contributed by atoms with Crippen molar-refractivity contribution in [1.29, 1.82) is 0 Å². The Hall–Kier alpha value is -0.890. The molecule has 1 atom stereocenters. The molecule has 0 heterocycles. The quantitative estimate of drug-likeness (QED) is 0.654. The van der Waals surface area contributed by atoms with Crippen molar-refractivity contribution in [3.8, 4) is 0 Å². The van der Waals surface area contributed by atoms with E-state index < -0.39 is 0 Å². The van der Waals surface area contributed by atoms with E-state index in [2.05, 4.69) is 43.4 Å². The molecule has 0 saturated heterocycles. The maximum Gasteiger partial charge on any atom is 0.0720 e. The van der Waals surface area contributed by atoms with Crippen molar-refractivity contribution >= 4 is 40.5 Å². The number of benzene rings is 2. The SMILES string of the molecule is CC(C)C(CNc1c(Cl)cc(Cl)cc1Cl)c1ccccc1. The molecule has 0 radical (unpaired) electrons. The highest BCUT2D eigenvalue weighted by atomic mass is 35.5. The van der Waals surface area contributed by atoms with Crippen molar-refractivity contribution in [3.63, 3.8) is 0 Å². The van der Waals surface area contributed by atoms with Crippen molar-refractivity contribution in [3.05, 3.63) is 63.1 Å². The van der Waals surface area contributed by atoms with E-state index in [-0.39, 0.29) is 0 Å². The molecule has 21 heavy (non-hydrogen) atoms. The highest BCUT2D eigenvalue weighted by molar-refractivity contribution is 6.41. The fourth-order valence-corrected chi connectivity index (χ4v) is 3.31. The van der Waals surface area contributed by atoms with Crippen LogP contribution in [0.15, 0.2) is 42.5 Å². The Bertz CT molecular complexity index is 573. The van der Waals surface area contributed by atoms with Crippen LogP contribution in [-0.4, -0.2) is 6.54 Å². The lowest BCUT2D eigenvalue weighted by Crippen LogP contribution is -2.18. The monoisotopic (exact) mass is 341 g/mol. The molecule has 0 aliphatic carbocycles. The zero-order valence-electron chi connectivity index (χ0n) is 12.0. The van der Waals surface area contributed by atoms with Crippen LogP contribution in [-0.2, 0) is 0 Å². The molecule has 0 fully saturated rings. The molecule has 4 heteroatoms. The van der Waals surface area contributed by atoms with Crippen LogP contribution < -0.4 is 5.32 Å². The summed E-state index contributed by atoms with van der Waals surface area (Å²) in [7, 11) is 0. The number of hydrogen-bond acceptors (Lipinski definition) is 1. The van der Waals surface area contributed by atoms with Gasteiger partial charge in [-0.2, -0.15) is 0 Å². The van der Waals surface area contributed by atoms with Crippen molar-refractivity contribution in [2.75, 3.05) is 11.9 Å². The van der Waals surface area contributed by atoms with Crippen LogP contribution in [0.3, 0.4) is 0 Å². The minimum Gasteiger partial charge on any atom is -0.382 e. The van der Waals surface area contributed by atoms with Gasteiger partial charge in [0.1, 0.15) is 0 Å². The van der Waals surface area contributed by atoms with Crippen molar-refractivity contribution in [1.82, 2.24) is 0 Å². The third-order valence-corrected chi connectivity index (χ3v) is 4.35. The van der Waals surface area contributed by atoms with Gasteiger partial charge in [-0.25, -0.2) is 0 Å². The van der Waals surface area contributed by atoms with Gasteiger partial charge in [0.2, 0.25) is 0 Å². The molecule has 2 rings (SSSR count). The molecule has 2 aromatic rings. The van der Waals surface area contributed by atoms with E-state index in [9.17, 15) is 0 Å². The van der Waals surface area contributed by atoms with E-state index in [1.807, 2.05) is 6.07 Å². The minimum atomic E-state index is 0.383. The number of nitrogens with one attached hydrogen (secondary N) is 1. The molecule has 0 saturated carbocycles. The second kappa shape index (κ2) is 7.40. The smallest absolute Gasteiger partial charge is 0.0720 e. The number of halogens is 3. The summed E-state index contributed by atoms with van der Waals surface area (Å²) in [6.07, 6.45) is 0. The first-order chi connectivity index (χ1) is 9.99. The van der Waals surface area contributed by atoms with Crippen molar-refractivity contribution < 1.29 is 0 Å². The van der Waals surface area contributed by atoms with Crippen LogP contribution in [0.5, 0.6) is 0 Å². The van der Waals surface area contributed by atoms with E-state index in [4.69, 9.17) is 34.8 Å². The minimum absolute atomic E-state index is 0.383. The zero-order chi connectivity index (χ0) is 15.4. The number of hydrogen-bond donors (Lipinski definition) is 1. The standard InChI is InChI=1S/C17H18Cl3N/c1-11(2)14(12-6-4-3-5-7-12)10-21-17-15(19)8-13(18)9-16(17)20/h3-9,11,14,21H,10H2,1-2H3. The average Bonchev–Trinajstić information content (AvgIpc) is 2.42. The fourth-order valence-electron chi connectivity index (χ4n) is 2.36. The Morgan fingerprint density at radius 1 is 0.952 bits per heavy atom. The van der Waals surface area contributed by atoms with Gasteiger partial charge in [-0.15, -0.1) is 0 Å². The summed E-state index contributed by atoms with van der Waals surface area (Å²) >= 11 is 18.4. The van der Waals surface area contributed by atoms with E-state index in [1.165, 1.54) is 5.56 Å². The first kappa shape index (κ1) is 16.5. The van der Waals surface area contributed by atoms with E-state index in [0.717, 1.165) is 12.2 Å². The van der Waals surface area contributed by atoms with Crippen LogP contribution >= 0.6 is 34.8 Å². The van der Waals surface area contributed by atoms with Crippen molar-refractivity contribution in [2.24, 2.45) is 5.92 Å². The molecule has 112 valence electrons. The molecular weight excluding hydrogens is 325 g/mol. The molecule has 2 aromatic carbocycles. The number of anilines is 1. The van der Waals surface area contributed by atoms with Crippen molar-refractivity contribution in [2.45, 2.75) is 19.8 Å². The fraction of sp³-hybridized carbons (Fsp3) is 0.294. The third-order valence-electron chi connectivity index (χ3n) is 3.54. The second-order valence-electron chi connectivity index (χ2n) is 5.39. The predicted octanol–water partition coefficient (Wildman–Crippen LogP) is 6.50. The highest BCUT2D eigenvalue weighted by Gasteiger charge is 2.17. The lowest BCUT2D eigenvalue weighted by Gasteiger charge is -2.23. The summed E-state index contributed by atoms with van der Waals surface area (Å²) in [5.74, 6) is 0.888. The molecule has 1 nitrogen and oxygen atoms in total. The van der Waals surface area contributed by atoms with Gasteiger partial charge in [0, 0.05) is 17.5 Å². The number of rotatable bonds is 5. The summed E-state index contributed by atoms with van der Waals surface area (Å²) in [6, 6.07) is 13.9. The maximum atomic E-state index is 6.21. The highest BCUT2D eigenvalue weighted by Crippen LogP contribution is 2.35. The molecule has 0 spiro atoms. The molecule has 0 aromatic heterocycles. The van der Waals surface area contributed by atoms with Gasteiger partial charge < -0.3 is 5.32 Å². The summed E-state index contributed by atoms with van der Waals surface area (Å²) in [4.78, 5) is 0. The van der Waals surface area contributed by atoms with Gasteiger partial charge in [-0.1, -0.05) is 79.0 Å². The molecule has 0 bridgehead atoms. The molecule has 0 aliphatic rings. The molecule has 0 aliphatic heterocycles. The first-order valence-electron chi connectivity index (χ1n) is 6.92. The largest absolute Gasteiger partial charge is 0.382 e. The van der Waals surface area contributed by atoms with Gasteiger partial charge >= 0.3 is 0 Å². The third kappa shape index (κ3) is 4.29. The van der Waals surface area contributed by atoms with E-state index in [1.54, 1.807) is 12.1 Å². The van der Waals surface area contributed by atoms with Gasteiger partial charge in [-0.3, -0.25) is 0 Å². The van der Waals surface area contributed by atoms with Crippen LogP contribution in [0.25, 0.3) is 0 Å². The Morgan fingerprint density at radius 3 is 2.05 bits per heavy atom. The lowest BCUT2D eigenvalue weighted by molar-refractivity contribution is 0.517. The summed E-state index contributed by atoms with van der Waals surface area (Å²) < 4.78 is 0. The van der Waals surface area contributed by atoms with Crippen LogP contribution in [0.2, 0.25) is 15.1 Å². The molecule has 1 unspecified atom stereocenters. The Morgan fingerprint density at radius 2 is 1.52 bits per heavy atom. The molecule has 1 N–H and O–H groups in total. The topological polar surface area (TPSA) is 12.0 Å². The predicted molar refractivity (Wildman–Crippen MR) is 94.0 cm³/mol. The normalized spacial score (nSPS) is 12.5. The summed E-state index contributed by atoms with van der Waals surface area (Å²) in [5, 5.41) is 5.00. The van der Waals surface area contributed by atoms with Gasteiger partial charge in [0.15, 0.2) is 0 Å².